The number of nitrogens with one attached hydrogen (secondary N) is 1. The Hall–Kier alpha value is -4.23. The van der Waals surface area contributed by atoms with Crippen molar-refractivity contribution in [2.45, 2.75) is 13.8 Å². The van der Waals surface area contributed by atoms with Crippen molar-refractivity contribution >= 4 is 17.7 Å². The lowest BCUT2D eigenvalue weighted by atomic mass is 10.1. The van der Waals surface area contributed by atoms with E-state index in [9.17, 15) is 4.79 Å². The number of hydrogen-bond acceptors (Lipinski definition) is 5. The molecule has 0 fully saturated rings. The molecule has 0 aliphatic heterocycles. The van der Waals surface area contributed by atoms with Crippen LogP contribution in [-0.4, -0.2) is 40.5 Å². The third kappa shape index (κ3) is 6.65. The van der Waals surface area contributed by atoms with E-state index in [4.69, 9.17) is 9.47 Å². The molecule has 7 heteroatoms. The van der Waals surface area contributed by atoms with Crippen molar-refractivity contribution < 1.29 is 14.3 Å². The molecule has 4 rings (SSSR count). The maximum Gasteiger partial charge on any atom is 0.336 e. The SMILES string of the molecule is CCOCCOc1nc(-c2ccc(C)cc2)n(-c2ccc(NC(=O)C=Cc3ccccc3)cc2)n1. The standard InChI is InChI=1S/C28H28N4O3/c1-3-34-19-20-35-28-30-27(23-12-9-21(2)10-13-23)32(31-28)25-16-14-24(15-17-25)29-26(33)18-11-22-7-5-4-6-8-22/h4-18H,3,19-20H2,1-2H3,(H,29,33). The van der Waals surface area contributed by atoms with E-state index in [-0.39, 0.29) is 11.9 Å². The van der Waals surface area contributed by atoms with Crippen molar-refractivity contribution in [1.29, 1.82) is 0 Å². The van der Waals surface area contributed by atoms with Crippen molar-refractivity contribution in [3.8, 4) is 23.1 Å². The molecule has 0 saturated carbocycles. The Morgan fingerprint density at radius 1 is 0.971 bits per heavy atom. The molecular formula is C28H28N4O3. The third-order valence-electron chi connectivity index (χ3n) is 5.17. The molecule has 0 aliphatic carbocycles. The van der Waals surface area contributed by atoms with Gasteiger partial charge in [-0.2, -0.15) is 4.98 Å². The summed E-state index contributed by atoms with van der Waals surface area (Å²) in [6.07, 6.45) is 3.29. The lowest BCUT2D eigenvalue weighted by Gasteiger charge is -2.08. The highest BCUT2D eigenvalue weighted by Crippen LogP contribution is 2.25. The predicted octanol–water partition coefficient (Wildman–Crippen LogP) is 5.31. The fraction of sp³-hybridized carbons (Fsp3) is 0.179. The minimum atomic E-state index is -0.201. The zero-order chi connectivity index (χ0) is 24.5. The number of aromatic nitrogens is 3. The van der Waals surface area contributed by atoms with Gasteiger partial charge in [-0.1, -0.05) is 60.2 Å². The fourth-order valence-electron chi connectivity index (χ4n) is 3.37. The molecular weight excluding hydrogens is 440 g/mol. The van der Waals surface area contributed by atoms with E-state index in [2.05, 4.69) is 15.4 Å². The summed E-state index contributed by atoms with van der Waals surface area (Å²) >= 11 is 0. The van der Waals surface area contributed by atoms with Crippen LogP contribution in [0.3, 0.4) is 0 Å². The lowest BCUT2D eigenvalue weighted by molar-refractivity contribution is -0.111. The van der Waals surface area contributed by atoms with Crippen LogP contribution in [-0.2, 0) is 9.53 Å². The van der Waals surface area contributed by atoms with E-state index < -0.39 is 0 Å². The number of carbonyl (C=O) groups excluding carboxylic acids is 1. The summed E-state index contributed by atoms with van der Waals surface area (Å²) in [6.45, 7) is 5.45. The monoisotopic (exact) mass is 468 g/mol. The van der Waals surface area contributed by atoms with Crippen LogP contribution >= 0.6 is 0 Å². The molecule has 1 heterocycles. The number of hydrogen-bond donors (Lipinski definition) is 1. The van der Waals surface area contributed by atoms with Gasteiger partial charge in [-0.15, -0.1) is 5.10 Å². The van der Waals surface area contributed by atoms with Gasteiger partial charge in [0.1, 0.15) is 6.61 Å². The molecule has 0 unspecified atom stereocenters. The predicted molar refractivity (Wildman–Crippen MR) is 138 cm³/mol. The van der Waals surface area contributed by atoms with Crippen LogP contribution in [0.5, 0.6) is 6.01 Å². The number of ether oxygens (including phenoxy) is 2. The number of aryl methyl sites for hydroxylation is 1. The summed E-state index contributed by atoms with van der Waals surface area (Å²) in [5.74, 6) is 0.465. The van der Waals surface area contributed by atoms with Gasteiger partial charge in [-0.05, 0) is 49.8 Å². The third-order valence-corrected chi connectivity index (χ3v) is 5.17. The molecule has 0 saturated heterocycles. The molecule has 4 aromatic rings. The second kappa shape index (κ2) is 11.8. The summed E-state index contributed by atoms with van der Waals surface area (Å²) in [7, 11) is 0. The molecule has 1 amide bonds. The van der Waals surface area contributed by atoms with Gasteiger partial charge in [-0.3, -0.25) is 4.79 Å². The van der Waals surface area contributed by atoms with Crippen LogP contribution in [0.25, 0.3) is 23.2 Å². The van der Waals surface area contributed by atoms with E-state index >= 15 is 0 Å². The molecule has 1 aromatic heterocycles. The summed E-state index contributed by atoms with van der Waals surface area (Å²) in [6, 6.07) is 25.5. The topological polar surface area (TPSA) is 78.3 Å². The van der Waals surface area contributed by atoms with E-state index in [1.807, 2.05) is 92.7 Å². The van der Waals surface area contributed by atoms with Gasteiger partial charge in [0.15, 0.2) is 5.82 Å². The van der Waals surface area contributed by atoms with Crippen molar-refractivity contribution in [2.24, 2.45) is 0 Å². The van der Waals surface area contributed by atoms with Crippen LogP contribution in [0.4, 0.5) is 5.69 Å². The second-order valence-electron chi connectivity index (χ2n) is 7.82. The van der Waals surface area contributed by atoms with Gasteiger partial charge in [0.2, 0.25) is 5.91 Å². The largest absolute Gasteiger partial charge is 0.460 e. The number of carbonyl (C=O) groups is 1. The molecule has 0 bridgehead atoms. The van der Waals surface area contributed by atoms with Crippen LogP contribution < -0.4 is 10.1 Å². The summed E-state index contributed by atoms with van der Waals surface area (Å²) in [4.78, 5) is 16.9. The average molecular weight is 469 g/mol. The first kappa shape index (κ1) is 23.9. The molecule has 0 radical (unpaired) electrons. The molecule has 0 atom stereocenters. The van der Waals surface area contributed by atoms with Crippen LogP contribution in [0, 0.1) is 6.92 Å². The van der Waals surface area contributed by atoms with Crippen molar-refractivity contribution in [3.63, 3.8) is 0 Å². The van der Waals surface area contributed by atoms with Gasteiger partial charge in [-0.25, -0.2) is 4.68 Å². The zero-order valence-corrected chi connectivity index (χ0v) is 19.8. The maximum absolute atomic E-state index is 12.3. The molecule has 3 aromatic carbocycles. The number of amides is 1. The fourth-order valence-corrected chi connectivity index (χ4v) is 3.37. The number of nitrogens with zero attached hydrogens (tertiary/aromatic N) is 3. The van der Waals surface area contributed by atoms with Gasteiger partial charge >= 0.3 is 6.01 Å². The first-order valence-electron chi connectivity index (χ1n) is 11.5. The van der Waals surface area contributed by atoms with E-state index in [0.717, 1.165) is 22.4 Å². The normalized spacial score (nSPS) is 11.0. The quantitative estimate of drug-likeness (QED) is 0.252. The molecule has 178 valence electrons. The number of anilines is 1. The highest BCUT2D eigenvalue weighted by atomic mass is 16.5. The molecule has 7 nitrogen and oxygen atoms in total. The van der Waals surface area contributed by atoms with Crippen LogP contribution in [0.2, 0.25) is 0 Å². The molecule has 35 heavy (non-hydrogen) atoms. The minimum Gasteiger partial charge on any atom is -0.460 e. The van der Waals surface area contributed by atoms with E-state index in [1.165, 1.54) is 6.08 Å². The number of benzene rings is 3. The summed E-state index contributed by atoms with van der Waals surface area (Å²) < 4.78 is 12.8. The zero-order valence-electron chi connectivity index (χ0n) is 19.8. The highest BCUT2D eigenvalue weighted by Gasteiger charge is 2.15. The molecule has 0 spiro atoms. The molecule has 1 N–H and O–H groups in total. The van der Waals surface area contributed by atoms with Crippen molar-refractivity contribution in [2.75, 3.05) is 25.1 Å². The Balaban J connectivity index is 1.51. The van der Waals surface area contributed by atoms with Crippen molar-refractivity contribution in [1.82, 2.24) is 14.8 Å². The van der Waals surface area contributed by atoms with Gasteiger partial charge < -0.3 is 14.8 Å². The minimum absolute atomic E-state index is 0.201. The van der Waals surface area contributed by atoms with Gasteiger partial charge in [0.05, 0.1) is 12.3 Å². The Morgan fingerprint density at radius 2 is 1.71 bits per heavy atom. The Bertz CT molecular complexity index is 1260. The first-order valence-corrected chi connectivity index (χ1v) is 11.5. The highest BCUT2D eigenvalue weighted by molar-refractivity contribution is 6.01. The Kier molecular flexibility index (Phi) is 8.04. The van der Waals surface area contributed by atoms with Gasteiger partial charge in [0, 0.05) is 23.9 Å². The maximum atomic E-state index is 12.3. The second-order valence-corrected chi connectivity index (χ2v) is 7.82. The average Bonchev–Trinajstić information content (AvgIpc) is 3.31. The Labute approximate surface area is 205 Å². The van der Waals surface area contributed by atoms with Crippen molar-refractivity contribution in [3.05, 3.63) is 96.1 Å². The first-order chi connectivity index (χ1) is 17.1. The summed E-state index contributed by atoms with van der Waals surface area (Å²) in [5, 5.41) is 7.44. The summed E-state index contributed by atoms with van der Waals surface area (Å²) in [5.41, 5.74) is 4.53. The van der Waals surface area contributed by atoms with E-state index in [1.54, 1.807) is 10.8 Å². The smallest absolute Gasteiger partial charge is 0.336 e. The molecule has 0 aliphatic rings. The van der Waals surface area contributed by atoms with Crippen LogP contribution in [0.1, 0.15) is 18.1 Å². The Morgan fingerprint density at radius 3 is 2.43 bits per heavy atom. The van der Waals surface area contributed by atoms with E-state index in [0.29, 0.717) is 31.3 Å². The number of rotatable bonds is 10. The lowest BCUT2D eigenvalue weighted by Crippen LogP contribution is -2.08. The van der Waals surface area contributed by atoms with Crippen LogP contribution in [0.15, 0.2) is 84.9 Å². The van der Waals surface area contributed by atoms with Gasteiger partial charge in [0.25, 0.3) is 0 Å².